The highest BCUT2D eigenvalue weighted by atomic mass is 16.4. The fourth-order valence-electron chi connectivity index (χ4n) is 2.27. The number of aromatic nitrogens is 3. The van der Waals surface area contributed by atoms with Crippen LogP contribution in [0.4, 0.5) is 0 Å². The van der Waals surface area contributed by atoms with Crippen LogP contribution in [0.25, 0.3) is 0 Å². The Morgan fingerprint density at radius 2 is 2.35 bits per heavy atom. The number of carboxylic acids is 1. The van der Waals surface area contributed by atoms with E-state index in [2.05, 4.69) is 17.0 Å². The van der Waals surface area contributed by atoms with Gasteiger partial charge in [-0.15, -0.1) is 0 Å². The molecule has 1 aliphatic carbocycles. The van der Waals surface area contributed by atoms with Crippen LogP contribution in [0.5, 0.6) is 0 Å². The molecule has 0 aromatic carbocycles. The van der Waals surface area contributed by atoms with Crippen molar-refractivity contribution in [2.45, 2.75) is 46.1 Å². The van der Waals surface area contributed by atoms with Crippen LogP contribution in [0.3, 0.4) is 0 Å². The third kappa shape index (κ3) is 2.33. The van der Waals surface area contributed by atoms with Gasteiger partial charge < -0.3 is 5.11 Å². The molecule has 1 unspecified atom stereocenters. The minimum absolute atomic E-state index is 0.298. The van der Waals surface area contributed by atoms with Crippen molar-refractivity contribution in [3.63, 3.8) is 0 Å². The summed E-state index contributed by atoms with van der Waals surface area (Å²) in [6.45, 7) is 4.70. The molecule has 0 spiro atoms. The summed E-state index contributed by atoms with van der Waals surface area (Å²) in [5.74, 6) is 0.376. The second-order valence-electron chi connectivity index (χ2n) is 5.07. The summed E-state index contributed by atoms with van der Waals surface area (Å²) in [6.07, 6.45) is 5.01. The smallest absolute Gasteiger partial charge is 0.310 e. The first-order valence-electron chi connectivity index (χ1n) is 6.18. The van der Waals surface area contributed by atoms with E-state index in [0.717, 1.165) is 31.6 Å². The third-order valence-corrected chi connectivity index (χ3v) is 3.62. The molecule has 0 bridgehead atoms. The molecule has 1 aromatic heterocycles. The molecule has 0 saturated heterocycles. The second-order valence-corrected chi connectivity index (χ2v) is 5.07. The van der Waals surface area contributed by atoms with E-state index >= 15 is 0 Å². The van der Waals surface area contributed by atoms with E-state index in [1.54, 1.807) is 0 Å². The SMILES string of the molecule is CCCn1ncnc1CC(C)(C(=O)O)C1CC1. The van der Waals surface area contributed by atoms with Gasteiger partial charge in [-0.3, -0.25) is 9.48 Å². The van der Waals surface area contributed by atoms with E-state index < -0.39 is 11.4 Å². The normalized spacial score (nSPS) is 18.9. The summed E-state index contributed by atoms with van der Waals surface area (Å²) in [6, 6.07) is 0. The highest BCUT2D eigenvalue weighted by Gasteiger charge is 2.48. The first kappa shape index (κ1) is 12.1. The number of carboxylic acid groups (broad SMARTS) is 1. The van der Waals surface area contributed by atoms with Crippen molar-refractivity contribution in [2.75, 3.05) is 0 Å². The van der Waals surface area contributed by atoms with E-state index in [1.807, 2.05) is 11.6 Å². The number of rotatable bonds is 6. The number of carbonyl (C=O) groups is 1. The van der Waals surface area contributed by atoms with Crippen molar-refractivity contribution >= 4 is 5.97 Å². The molecule has 1 fully saturated rings. The van der Waals surface area contributed by atoms with Crippen LogP contribution in [0.2, 0.25) is 0 Å². The zero-order valence-electron chi connectivity index (χ0n) is 10.4. The first-order chi connectivity index (χ1) is 8.08. The molecule has 94 valence electrons. The fourth-order valence-corrected chi connectivity index (χ4v) is 2.27. The third-order valence-electron chi connectivity index (χ3n) is 3.62. The summed E-state index contributed by atoms with van der Waals surface area (Å²) in [7, 11) is 0. The van der Waals surface area contributed by atoms with Crippen molar-refractivity contribution < 1.29 is 9.90 Å². The van der Waals surface area contributed by atoms with E-state index in [-0.39, 0.29) is 0 Å². The lowest BCUT2D eigenvalue weighted by Crippen LogP contribution is -2.33. The fraction of sp³-hybridized carbons (Fsp3) is 0.750. The van der Waals surface area contributed by atoms with Crippen LogP contribution in [-0.4, -0.2) is 25.8 Å². The molecule has 2 rings (SSSR count). The Morgan fingerprint density at radius 3 is 2.88 bits per heavy atom. The molecule has 1 N–H and O–H groups in total. The lowest BCUT2D eigenvalue weighted by atomic mass is 9.81. The molecule has 5 heteroatoms. The van der Waals surface area contributed by atoms with E-state index in [0.29, 0.717) is 12.3 Å². The standard InChI is InChI=1S/C12H19N3O2/c1-3-6-15-10(13-8-14-15)7-12(2,11(16)17)9-4-5-9/h8-9H,3-7H2,1-2H3,(H,16,17). The molecular formula is C12H19N3O2. The summed E-state index contributed by atoms with van der Waals surface area (Å²) in [5.41, 5.74) is -0.682. The number of hydrogen-bond donors (Lipinski definition) is 1. The Kier molecular flexibility index (Phi) is 3.17. The quantitative estimate of drug-likeness (QED) is 0.818. The van der Waals surface area contributed by atoms with Gasteiger partial charge in [0.15, 0.2) is 0 Å². The Balaban J connectivity index is 2.17. The predicted octanol–water partition coefficient (Wildman–Crippen LogP) is 1.73. The van der Waals surface area contributed by atoms with Gasteiger partial charge in [0.1, 0.15) is 12.2 Å². The van der Waals surface area contributed by atoms with Gasteiger partial charge in [-0.05, 0) is 32.1 Å². The van der Waals surface area contributed by atoms with Crippen LogP contribution in [0.1, 0.15) is 38.9 Å². The van der Waals surface area contributed by atoms with E-state index in [1.165, 1.54) is 6.33 Å². The number of hydrogen-bond acceptors (Lipinski definition) is 3. The van der Waals surface area contributed by atoms with Crippen LogP contribution in [0, 0.1) is 11.3 Å². The maximum atomic E-state index is 11.4. The maximum Gasteiger partial charge on any atom is 0.310 e. The zero-order chi connectivity index (χ0) is 12.5. The minimum atomic E-state index is -0.717. The summed E-state index contributed by atoms with van der Waals surface area (Å²) in [4.78, 5) is 15.6. The van der Waals surface area contributed by atoms with E-state index in [9.17, 15) is 9.90 Å². The Labute approximate surface area is 101 Å². The number of nitrogens with zero attached hydrogens (tertiary/aromatic N) is 3. The van der Waals surface area contributed by atoms with Gasteiger partial charge in [-0.25, -0.2) is 4.98 Å². The van der Waals surface area contributed by atoms with Crippen molar-refractivity contribution in [1.29, 1.82) is 0 Å². The van der Waals surface area contributed by atoms with Crippen molar-refractivity contribution in [1.82, 2.24) is 14.8 Å². The van der Waals surface area contributed by atoms with Gasteiger partial charge in [0.25, 0.3) is 0 Å². The molecule has 1 saturated carbocycles. The van der Waals surface area contributed by atoms with Gasteiger partial charge >= 0.3 is 5.97 Å². The van der Waals surface area contributed by atoms with Crippen LogP contribution in [-0.2, 0) is 17.8 Å². The highest BCUT2D eigenvalue weighted by Crippen LogP contribution is 2.47. The average Bonchev–Trinajstić information content (AvgIpc) is 3.04. The van der Waals surface area contributed by atoms with Gasteiger partial charge in [0.2, 0.25) is 0 Å². The van der Waals surface area contributed by atoms with Gasteiger partial charge in [0, 0.05) is 13.0 Å². The summed E-state index contributed by atoms with van der Waals surface area (Å²) >= 11 is 0. The average molecular weight is 237 g/mol. The van der Waals surface area contributed by atoms with Crippen molar-refractivity contribution in [3.05, 3.63) is 12.2 Å². The molecule has 0 amide bonds. The molecular weight excluding hydrogens is 218 g/mol. The van der Waals surface area contributed by atoms with Crippen LogP contribution >= 0.6 is 0 Å². The first-order valence-corrected chi connectivity index (χ1v) is 6.18. The highest BCUT2D eigenvalue weighted by molar-refractivity contribution is 5.75. The lowest BCUT2D eigenvalue weighted by molar-refractivity contribution is -0.149. The summed E-state index contributed by atoms with van der Waals surface area (Å²) in [5, 5.41) is 13.5. The van der Waals surface area contributed by atoms with Gasteiger partial charge in [-0.2, -0.15) is 5.10 Å². The zero-order valence-corrected chi connectivity index (χ0v) is 10.4. The van der Waals surface area contributed by atoms with E-state index in [4.69, 9.17) is 0 Å². The van der Waals surface area contributed by atoms with Gasteiger partial charge in [0.05, 0.1) is 5.41 Å². The monoisotopic (exact) mass is 237 g/mol. The maximum absolute atomic E-state index is 11.4. The van der Waals surface area contributed by atoms with Crippen LogP contribution in [0.15, 0.2) is 6.33 Å². The Hall–Kier alpha value is -1.39. The minimum Gasteiger partial charge on any atom is -0.481 e. The number of aliphatic carboxylic acids is 1. The Morgan fingerprint density at radius 1 is 1.65 bits per heavy atom. The van der Waals surface area contributed by atoms with Gasteiger partial charge in [-0.1, -0.05) is 6.92 Å². The Bertz CT molecular complexity index is 412. The molecule has 0 radical (unpaired) electrons. The predicted molar refractivity (Wildman–Crippen MR) is 62.5 cm³/mol. The lowest BCUT2D eigenvalue weighted by Gasteiger charge is -2.24. The molecule has 1 heterocycles. The number of aryl methyl sites for hydroxylation is 1. The summed E-state index contributed by atoms with van der Waals surface area (Å²) < 4.78 is 1.82. The molecule has 1 atom stereocenters. The molecule has 1 aromatic rings. The topological polar surface area (TPSA) is 68.0 Å². The van der Waals surface area contributed by atoms with Crippen molar-refractivity contribution in [2.24, 2.45) is 11.3 Å². The molecule has 17 heavy (non-hydrogen) atoms. The van der Waals surface area contributed by atoms with Crippen LogP contribution < -0.4 is 0 Å². The second kappa shape index (κ2) is 4.47. The molecule has 1 aliphatic rings. The molecule has 0 aliphatic heterocycles. The largest absolute Gasteiger partial charge is 0.481 e. The molecule has 5 nitrogen and oxygen atoms in total. The van der Waals surface area contributed by atoms with Crippen molar-refractivity contribution in [3.8, 4) is 0 Å².